The van der Waals surface area contributed by atoms with Gasteiger partial charge in [-0.3, -0.25) is 9.69 Å². The third-order valence-electron chi connectivity index (χ3n) is 5.66. The molecule has 1 N–H and O–H groups in total. The molecule has 2 aliphatic heterocycles. The first-order chi connectivity index (χ1) is 13.0. The second-order valence-electron chi connectivity index (χ2n) is 7.96. The second-order valence-corrected chi connectivity index (χ2v) is 7.96. The Balaban J connectivity index is 1.46. The molecule has 1 aromatic heterocycles. The molecular weight excluding hydrogens is 342 g/mol. The number of hydrogen-bond acceptors (Lipinski definition) is 5. The maximum Gasteiger partial charge on any atom is 0.257 e. The monoisotopic (exact) mass is 369 g/mol. The van der Waals surface area contributed by atoms with Crippen LogP contribution in [0.1, 0.15) is 36.4 Å². The van der Waals surface area contributed by atoms with E-state index >= 15 is 0 Å². The molecule has 2 saturated heterocycles. The van der Waals surface area contributed by atoms with Gasteiger partial charge in [0.25, 0.3) is 5.91 Å². The molecule has 0 unspecified atom stereocenters. The quantitative estimate of drug-likeness (QED) is 0.898. The minimum Gasteiger partial charge on any atom is -0.375 e. The molecule has 2 fully saturated rings. The van der Waals surface area contributed by atoms with Gasteiger partial charge < -0.3 is 14.6 Å². The van der Waals surface area contributed by atoms with Gasteiger partial charge in [-0.1, -0.05) is 49.3 Å². The first-order valence-electron chi connectivity index (χ1n) is 9.71. The summed E-state index contributed by atoms with van der Waals surface area (Å²) in [4.78, 5) is 15.5. The molecule has 6 heteroatoms. The van der Waals surface area contributed by atoms with E-state index in [1.54, 1.807) is 6.92 Å². The van der Waals surface area contributed by atoms with Crippen molar-refractivity contribution in [2.24, 2.45) is 5.92 Å². The fourth-order valence-electron chi connectivity index (χ4n) is 4.10. The summed E-state index contributed by atoms with van der Waals surface area (Å²) >= 11 is 0. The third kappa shape index (κ3) is 3.64. The second kappa shape index (κ2) is 7.44. The lowest BCUT2D eigenvalue weighted by Gasteiger charge is -2.36. The van der Waals surface area contributed by atoms with Gasteiger partial charge in [0.15, 0.2) is 0 Å². The summed E-state index contributed by atoms with van der Waals surface area (Å²) in [7, 11) is 0. The highest BCUT2D eigenvalue weighted by Gasteiger charge is 2.39. The fraction of sp³-hybridized carbons (Fsp3) is 0.524. The van der Waals surface area contributed by atoms with Crippen molar-refractivity contribution in [3.63, 3.8) is 0 Å². The van der Waals surface area contributed by atoms with E-state index in [2.05, 4.69) is 29.2 Å². The first kappa shape index (κ1) is 18.2. The Morgan fingerprint density at radius 1 is 1.26 bits per heavy atom. The van der Waals surface area contributed by atoms with Crippen LogP contribution in [0, 0.1) is 12.8 Å². The molecule has 3 atom stereocenters. The molecule has 144 valence electrons. The van der Waals surface area contributed by atoms with Gasteiger partial charge in [-0.05, 0) is 19.3 Å². The predicted octanol–water partition coefficient (Wildman–Crippen LogP) is 2.88. The number of hydrogen-bond donors (Lipinski definition) is 1. The van der Waals surface area contributed by atoms with Crippen LogP contribution >= 0.6 is 0 Å². The summed E-state index contributed by atoms with van der Waals surface area (Å²) in [5.41, 5.74) is 2.02. The molecule has 6 nitrogen and oxygen atoms in total. The van der Waals surface area contributed by atoms with Gasteiger partial charge in [0.05, 0.1) is 12.7 Å². The number of nitrogens with zero attached hydrogens (tertiary/aromatic N) is 2. The Bertz CT molecular complexity index is 802. The molecule has 3 heterocycles. The Morgan fingerprint density at radius 3 is 2.78 bits per heavy atom. The summed E-state index contributed by atoms with van der Waals surface area (Å²) in [5.74, 6) is 0.941. The number of fused-ring (bicyclic) bond motifs is 1. The molecule has 2 aromatic rings. The zero-order valence-corrected chi connectivity index (χ0v) is 16.1. The minimum absolute atomic E-state index is 0.112. The van der Waals surface area contributed by atoms with E-state index < -0.39 is 0 Å². The summed E-state index contributed by atoms with van der Waals surface area (Å²) < 4.78 is 11.3. The van der Waals surface area contributed by atoms with Crippen LogP contribution in [0.25, 0.3) is 11.3 Å². The number of amides is 1. The molecule has 0 spiro atoms. The Hall–Kier alpha value is -2.18. The van der Waals surface area contributed by atoms with Crippen LogP contribution in [0.4, 0.5) is 0 Å². The maximum absolute atomic E-state index is 13.0. The number of carbonyl (C=O) groups excluding carboxylic acids is 1. The maximum atomic E-state index is 13.0. The van der Waals surface area contributed by atoms with Crippen molar-refractivity contribution < 1.29 is 14.1 Å². The van der Waals surface area contributed by atoms with Crippen LogP contribution in [0.3, 0.4) is 0 Å². The summed E-state index contributed by atoms with van der Waals surface area (Å²) in [6, 6.07) is 10.2. The topological polar surface area (TPSA) is 67.6 Å². The SMILES string of the molecule is Cc1onc(-c2ccccc2)c1C(=O)N[C@@H]1C[C@H]2CO[C@@H](C(C)C)CN2C1. The molecule has 1 aromatic carbocycles. The lowest BCUT2D eigenvalue weighted by Crippen LogP contribution is -2.48. The summed E-state index contributed by atoms with van der Waals surface area (Å²) in [5, 5.41) is 7.31. The predicted molar refractivity (Wildman–Crippen MR) is 102 cm³/mol. The third-order valence-corrected chi connectivity index (χ3v) is 5.66. The van der Waals surface area contributed by atoms with Gasteiger partial charge in [0.1, 0.15) is 17.0 Å². The number of carbonyl (C=O) groups is 1. The largest absolute Gasteiger partial charge is 0.375 e. The standard InChI is InChI=1S/C21H27N3O3/c1-13(2)18-11-24-10-16(9-17(24)12-26-18)22-21(25)19-14(3)27-23-20(19)15-7-5-4-6-8-15/h4-8,13,16-18H,9-12H2,1-3H3,(H,22,25)/t16-,17+,18-/m1/s1. The molecule has 27 heavy (non-hydrogen) atoms. The van der Waals surface area contributed by atoms with Crippen molar-refractivity contribution >= 4 is 5.91 Å². The lowest BCUT2D eigenvalue weighted by molar-refractivity contribution is -0.0683. The van der Waals surface area contributed by atoms with Crippen LogP contribution in [0.15, 0.2) is 34.9 Å². The van der Waals surface area contributed by atoms with Crippen LogP contribution in [0.2, 0.25) is 0 Å². The average Bonchev–Trinajstić information content (AvgIpc) is 3.24. The Kier molecular flexibility index (Phi) is 5.02. The Labute approximate surface area is 159 Å². The normalized spacial score (nSPS) is 25.6. The molecule has 1 amide bonds. The van der Waals surface area contributed by atoms with E-state index in [4.69, 9.17) is 9.26 Å². The first-order valence-corrected chi connectivity index (χ1v) is 9.71. The van der Waals surface area contributed by atoms with E-state index in [1.165, 1.54) is 0 Å². The number of aryl methyl sites for hydroxylation is 1. The number of morpholine rings is 1. The van der Waals surface area contributed by atoms with Crippen LogP contribution < -0.4 is 5.32 Å². The highest BCUT2D eigenvalue weighted by molar-refractivity contribution is 6.00. The van der Waals surface area contributed by atoms with Gasteiger partial charge in [0, 0.05) is 30.7 Å². The minimum atomic E-state index is -0.112. The molecule has 0 saturated carbocycles. The number of nitrogens with one attached hydrogen (secondary N) is 1. The molecular formula is C21H27N3O3. The molecule has 0 bridgehead atoms. The van der Waals surface area contributed by atoms with E-state index in [0.717, 1.165) is 31.7 Å². The van der Waals surface area contributed by atoms with Gasteiger partial charge in [-0.15, -0.1) is 0 Å². The molecule has 2 aliphatic rings. The molecule has 0 aliphatic carbocycles. The van der Waals surface area contributed by atoms with E-state index in [9.17, 15) is 4.79 Å². The van der Waals surface area contributed by atoms with Crippen LogP contribution in [0.5, 0.6) is 0 Å². The fourth-order valence-corrected chi connectivity index (χ4v) is 4.10. The van der Waals surface area contributed by atoms with Crippen LogP contribution in [-0.2, 0) is 4.74 Å². The number of aromatic nitrogens is 1. The van der Waals surface area contributed by atoms with E-state index in [0.29, 0.717) is 29.0 Å². The van der Waals surface area contributed by atoms with Gasteiger partial charge in [-0.25, -0.2) is 0 Å². The zero-order valence-electron chi connectivity index (χ0n) is 16.1. The Morgan fingerprint density at radius 2 is 2.04 bits per heavy atom. The summed E-state index contributed by atoms with van der Waals surface area (Å²) in [6.45, 7) is 8.73. The van der Waals surface area contributed by atoms with E-state index in [1.807, 2.05) is 30.3 Å². The van der Waals surface area contributed by atoms with Crippen molar-refractivity contribution in [2.75, 3.05) is 19.7 Å². The lowest BCUT2D eigenvalue weighted by atomic mass is 10.0. The van der Waals surface area contributed by atoms with Crippen molar-refractivity contribution in [3.8, 4) is 11.3 Å². The highest BCUT2D eigenvalue weighted by Crippen LogP contribution is 2.28. The number of rotatable bonds is 4. The number of ether oxygens (including phenoxy) is 1. The van der Waals surface area contributed by atoms with Gasteiger partial charge >= 0.3 is 0 Å². The van der Waals surface area contributed by atoms with Crippen molar-refractivity contribution in [3.05, 3.63) is 41.7 Å². The highest BCUT2D eigenvalue weighted by atomic mass is 16.5. The smallest absolute Gasteiger partial charge is 0.257 e. The van der Waals surface area contributed by atoms with Gasteiger partial charge in [0.2, 0.25) is 0 Å². The summed E-state index contributed by atoms with van der Waals surface area (Å²) in [6.07, 6.45) is 1.20. The molecule has 0 radical (unpaired) electrons. The van der Waals surface area contributed by atoms with Gasteiger partial charge in [-0.2, -0.15) is 0 Å². The van der Waals surface area contributed by atoms with Crippen molar-refractivity contribution in [1.29, 1.82) is 0 Å². The zero-order chi connectivity index (χ0) is 19.0. The number of benzene rings is 1. The van der Waals surface area contributed by atoms with Crippen molar-refractivity contribution in [1.82, 2.24) is 15.4 Å². The van der Waals surface area contributed by atoms with Crippen molar-refractivity contribution in [2.45, 2.75) is 45.4 Å². The van der Waals surface area contributed by atoms with E-state index in [-0.39, 0.29) is 18.1 Å². The van der Waals surface area contributed by atoms with Crippen LogP contribution in [-0.4, -0.2) is 53.8 Å². The molecule has 4 rings (SSSR count). The average molecular weight is 369 g/mol.